The average molecular weight is 955 g/mol. The van der Waals surface area contributed by atoms with E-state index in [0.29, 0.717) is 57.8 Å². The van der Waals surface area contributed by atoms with Gasteiger partial charge in [0.15, 0.2) is 6.29 Å². The Morgan fingerprint density at radius 1 is 0.941 bits per heavy atom. The van der Waals surface area contributed by atoms with Gasteiger partial charge in [0.05, 0.1) is 37.2 Å². The summed E-state index contributed by atoms with van der Waals surface area (Å²) in [5.41, 5.74) is 4.12. The van der Waals surface area contributed by atoms with Gasteiger partial charge in [0.2, 0.25) is 5.91 Å². The Morgan fingerprint density at radius 2 is 1.68 bits per heavy atom. The number of nitrogens with one attached hydrogen (secondary N) is 2. The monoisotopic (exact) mass is 955 g/mol. The number of aliphatic carboxylic acids is 1. The molecule has 0 radical (unpaired) electrons. The van der Waals surface area contributed by atoms with Crippen LogP contribution in [-0.4, -0.2) is 132 Å². The van der Waals surface area contributed by atoms with Gasteiger partial charge >= 0.3 is 5.97 Å². The van der Waals surface area contributed by atoms with Crippen LogP contribution in [0.5, 0.6) is 0 Å². The molecule has 2 saturated heterocycles. The number of amides is 1. The molecule has 68 heavy (non-hydrogen) atoms. The number of nitrogens with two attached hydrogens (primary N) is 1. The van der Waals surface area contributed by atoms with Gasteiger partial charge in [-0.25, -0.2) is 4.98 Å². The lowest BCUT2D eigenvalue weighted by Gasteiger charge is -2.76. The number of carboxylic acids is 1. The van der Waals surface area contributed by atoms with E-state index in [1.165, 1.54) is 5.57 Å². The summed E-state index contributed by atoms with van der Waals surface area (Å²) >= 11 is 0. The van der Waals surface area contributed by atoms with Crippen molar-refractivity contribution in [2.75, 3.05) is 19.8 Å². The molecule has 0 spiro atoms. The number of fused-ring (bicyclic) bond motifs is 7. The summed E-state index contributed by atoms with van der Waals surface area (Å²) < 4.78 is 12.7. The van der Waals surface area contributed by atoms with Crippen molar-refractivity contribution in [3.05, 3.63) is 29.9 Å². The third-order valence-corrected chi connectivity index (χ3v) is 21.4. The van der Waals surface area contributed by atoms with Crippen molar-refractivity contribution in [3.63, 3.8) is 0 Å². The molecule has 16 heteroatoms. The first kappa shape index (κ1) is 50.4. The van der Waals surface area contributed by atoms with Crippen LogP contribution in [-0.2, 0) is 19.1 Å². The SMILES string of the molecule is CC1(CO)CCC2(C(=O)O)CCC3(C)C(=CCC4C5(C6CCCCC6)C(CC6CC(=O)NC6C(CCC(N)O)c6cnc[nH]6)C(O)C(OC6OCC(O)C(O)C6O)C(C)(CO)C5CCC43C)C2C1. The van der Waals surface area contributed by atoms with Gasteiger partial charge in [0, 0.05) is 42.3 Å². The van der Waals surface area contributed by atoms with Gasteiger partial charge in [0.1, 0.15) is 24.5 Å². The van der Waals surface area contributed by atoms with Gasteiger partial charge in [0.25, 0.3) is 0 Å². The van der Waals surface area contributed by atoms with E-state index in [9.17, 15) is 50.4 Å². The second kappa shape index (κ2) is 18.5. The smallest absolute Gasteiger partial charge is 0.310 e. The molecule has 8 aliphatic rings. The number of H-pyrrole nitrogens is 1. The lowest BCUT2D eigenvalue weighted by molar-refractivity contribution is -0.349. The Kier molecular flexibility index (Phi) is 13.7. The molecule has 1 aromatic heterocycles. The summed E-state index contributed by atoms with van der Waals surface area (Å²) in [6, 6.07) is -0.402. The Morgan fingerprint density at radius 3 is 2.34 bits per heavy atom. The number of rotatable bonds is 13. The summed E-state index contributed by atoms with van der Waals surface area (Å²) in [5, 5.41) is 93.8. The number of carbonyl (C=O) groups is 2. The molecule has 3 heterocycles. The van der Waals surface area contributed by atoms with E-state index in [4.69, 9.17) is 15.2 Å². The number of aliphatic hydroxyl groups is 7. The molecular weight excluding hydrogens is 873 g/mol. The highest BCUT2D eigenvalue weighted by atomic mass is 16.7. The minimum atomic E-state index is -1.63. The second-order valence-electron chi connectivity index (χ2n) is 24.4. The Hall–Kier alpha value is -2.51. The number of hydrogen-bond donors (Lipinski definition) is 11. The van der Waals surface area contributed by atoms with Crippen LogP contribution in [0, 0.1) is 68.0 Å². The minimum absolute atomic E-state index is 0.00583. The topological polar surface area (TPSA) is 281 Å². The standard InChI is InChI=1S/C52H82N4O12/c1-47(25-57)16-18-51(46(65)66)19-17-49(3)31(33(51)22-47)11-12-37-50(49,4)15-14-36-48(2,26-58)44(68-45-43(64)42(63)35(59)24-67-45)41(62)32(52(36,37)29-8-6-5-7-9-29)20-28-21-39(61)56-40(28)30(10-13-38(53)60)34-23-54-27-55-34/h11,23,27-30,32-33,35-38,40-45,57-60,62-64H,5-10,12-22,24-26,53H2,1-4H3,(H,54,55)(H,56,61)(H,65,66). The number of carbonyl (C=O) groups excluding carboxylic acids is 1. The zero-order valence-corrected chi connectivity index (χ0v) is 40.8. The van der Waals surface area contributed by atoms with E-state index in [1.807, 2.05) is 6.92 Å². The van der Waals surface area contributed by atoms with Gasteiger partial charge < -0.3 is 66.4 Å². The van der Waals surface area contributed by atoms with Crippen molar-refractivity contribution in [1.29, 1.82) is 0 Å². The maximum absolute atomic E-state index is 13.9. The fraction of sp³-hybridized carbons (Fsp3) is 0.865. The number of ether oxygens (including phenoxy) is 2. The number of allylic oxidation sites excluding steroid dienone is 2. The van der Waals surface area contributed by atoms with Crippen molar-refractivity contribution in [3.8, 4) is 0 Å². The molecule has 1 amide bonds. The second-order valence-corrected chi connectivity index (χ2v) is 24.4. The highest BCUT2D eigenvalue weighted by molar-refractivity contribution is 5.79. The average Bonchev–Trinajstić information content (AvgIpc) is 3.99. The molecule has 20 unspecified atom stereocenters. The molecular formula is C52H82N4O12. The van der Waals surface area contributed by atoms with Crippen LogP contribution in [0.1, 0.15) is 148 Å². The lowest BCUT2D eigenvalue weighted by atomic mass is 9.29. The number of aliphatic hydroxyl groups excluding tert-OH is 7. The third-order valence-electron chi connectivity index (χ3n) is 21.4. The zero-order valence-electron chi connectivity index (χ0n) is 40.8. The van der Waals surface area contributed by atoms with Crippen LogP contribution >= 0.6 is 0 Å². The maximum atomic E-state index is 13.9. The summed E-state index contributed by atoms with van der Waals surface area (Å²) in [6.45, 7) is 8.27. The van der Waals surface area contributed by atoms with E-state index >= 15 is 0 Å². The molecule has 6 aliphatic carbocycles. The molecule has 382 valence electrons. The van der Waals surface area contributed by atoms with E-state index in [2.05, 4.69) is 42.1 Å². The van der Waals surface area contributed by atoms with Crippen molar-refractivity contribution in [1.82, 2.24) is 15.3 Å². The van der Waals surface area contributed by atoms with Crippen LogP contribution in [0.4, 0.5) is 0 Å². The number of nitrogens with zero attached hydrogens (tertiary/aromatic N) is 1. The number of hydrogen-bond acceptors (Lipinski definition) is 13. The summed E-state index contributed by atoms with van der Waals surface area (Å²) in [5.74, 6) is -2.30. The Bertz CT molecular complexity index is 2020. The van der Waals surface area contributed by atoms with Gasteiger partial charge in [-0.2, -0.15) is 0 Å². The van der Waals surface area contributed by atoms with Crippen LogP contribution in [0.15, 0.2) is 24.2 Å². The number of imidazole rings is 1. The fourth-order valence-corrected chi connectivity index (χ4v) is 17.6. The molecule has 20 atom stereocenters. The quantitative estimate of drug-likeness (QED) is 0.0762. The maximum Gasteiger partial charge on any atom is 0.310 e. The largest absolute Gasteiger partial charge is 0.481 e. The predicted molar refractivity (Wildman–Crippen MR) is 249 cm³/mol. The molecule has 9 rings (SSSR count). The predicted octanol–water partition coefficient (Wildman–Crippen LogP) is 3.86. The molecule has 2 aliphatic heterocycles. The minimum Gasteiger partial charge on any atom is -0.481 e. The van der Waals surface area contributed by atoms with E-state index in [1.54, 1.807) is 12.5 Å². The fourth-order valence-electron chi connectivity index (χ4n) is 17.6. The third kappa shape index (κ3) is 7.70. The van der Waals surface area contributed by atoms with Gasteiger partial charge in [-0.05, 0) is 141 Å². The zero-order chi connectivity index (χ0) is 48.8. The van der Waals surface area contributed by atoms with E-state index < -0.39 is 88.0 Å². The summed E-state index contributed by atoms with van der Waals surface area (Å²) in [6.07, 6.45) is 7.91. The first-order valence-corrected chi connectivity index (χ1v) is 26.1. The first-order chi connectivity index (χ1) is 32.2. The number of aromatic amines is 1. The van der Waals surface area contributed by atoms with Crippen LogP contribution < -0.4 is 11.1 Å². The highest BCUT2D eigenvalue weighted by Crippen LogP contribution is 2.79. The molecule has 1 aromatic rings. The summed E-state index contributed by atoms with van der Waals surface area (Å²) in [4.78, 5) is 35.0. The first-order valence-electron chi connectivity index (χ1n) is 26.1. The van der Waals surface area contributed by atoms with Gasteiger partial charge in [-0.1, -0.05) is 58.6 Å². The van der Waals surface area contributed by atoms with Crippen molar-refractivity contribution in [2.45, 2.75) is 192 Å². The molecule has 16 nitrogen and oxygen atoms in total. The number of aromatic nitrogens is 2. The normalized spacial score (nSPS) is 48.2. The van der Waals surface area contributed by atoms with Crippen molar-refractivity contribution in [2.24, 2.45) is 73.7 Å². The van der Waals surface area contributed by atoms with Crippen molar-refractivity contribution >= 4 is 11.9 Å². The molecule has 5 saturated carbocycles. The van der Waals surface area contributed by atoms with Crippen molar-refractivity contribution < 1.29 is 59.9 Å². The molecule has 0 bridgehead atoms. The van der Waals surface area contributed by atoms with Crippen LogP contribution in [0.2, 0.25) is 0 Å². The summed E-state index contributed by atoms with van der Waals surface area (Å²) in [7, 11) is 0. The lowest BCUT2D eigenvalue weighted by Crippen LogP contribution is -2.75. The Labute approximate surface area is 401 Å². The highest BCUT2D eigenvalue weighted by Gasteiger charge is 2.76. The van der Waals surface area contributed by atoms with Gasteiger partial charge in [-0.3, -0.25) is 9.59 Å². The molecule has 7 fully saturated rings. The van der Waals surface area contributed by atoms with E-state index in [0.717, 1.165) is 44.2 Å². The molecule has 0 aromatic carbocycles. The van der Waals surface area contributed by atoms with Crippen LogP contribution in [0.25, 0.3) is 0 Å². The number of carboxylic acid groups (broad SMARTS) is 1. The van der Waals surface area contributed by atoms with E-state index in [-0.39, 0.29) is 79.5 Å². The van der Waals surface area contributed by atoms with Crippen LogP contribution in [0.3, 0.4) is 0 Å². The Balaban J connectivity index is 1.22. The van der Waals surface area contributed by atoms with Gasteiger partial charge in [-0.15, -0.1) is 0 Å². The molecule has 12 N–H and O–H groups in total.